The van der Waals surface area contributed by atoms with E-state index in [0.717, 1.165) is 12.8 Å². The maximum atomic E-state index is 13.4. The van der Waals surface area contributed by atoms with Crippen molar-refractivity contribution in [3.8, 4) is 11.8 Å². The van der Waals surface area contributed by atoms with Crippen LogP contribution in [-0.4, -0.2) is 12.5 Å². The van der Waals surface area contributed by atoms with Crippen molar-refractivity contribution in [3.05, 3.63) is 29.6 Å². The van der Waals surface area contributed by atoms with Gasteiger partial charge in [0.05, 0.1) is 18.2 Å². The van der Waals surface area contributed by atoms with E-state index in [1.807, 2.05) is 6.07 Å². The number of nitriles is 1. The van der Waals surface area contributed by atoms with Crippen LogP contribution in [0.15, 0.2) is 18.2 Å². The molecule has 0 saturated heterocycles. The van der Waals surface area contributed by atoms with Crippen molar-refractivity contribution in [2.24, 2.45) is 5.92 Å². The second kappa shape index (κ2) is 7.13. The highest BCUT2D eigenvalue weighted by Crippen LogP contribution is 2.19. The average molecular weight is 256 g/mol. The molecule has 0 radical (unpaired) electrons. The fraction of sp³-hybridized carbons (Fsp3) is 0.462. The Bertz CT molecular complexity index is 403. The Labute approximate surface area is 106 Å². The SMILES string of the molecule is CC(CCCl)CCOc1ccc(C#N)cc1F. The molecule has 0 aliphatic rings. The summed E-state index contributed by atoms with van der Waals surface area (Å²) in [7, 11) is 0. The molecule has 2 nitrogen and oxygen atoms in total. The molecule has 0 amide bonds. The van der Waals surface area contributed by atoms with Crippen LogP contribution < -0.4 is 4.74 Å². The minimum absolute atomic E-state index is 0.196. The van der Waals surface area contributed by atoms with Crippen LogP contribution in [0, 0.1) is 23.1 Å². The molecule has 1 aromatic rings. The molecule has 17 heavy (non-hydrogen) atoms. The molecule has 0 aliphatic heterocycles. The zero-order valence-electron chi connectivity index (χ0n) is 9.75. The van der Waals surface area contributed by atoms with Gasteiger partial charge in [-0.1, -0.05) is 6.92 Å². The zero-order valence-corrected chi connectivity index (χ0v) is 10.5. The van der Waals surface area contributed by atoms with Crippen LogP contribution in [0.25, 0.3) is 0 Å². The van der Waals surface area contributed by atoms with Gasteiger partial charge in [-0.05, 0) is 37.0 Å². The smallest absolute Gasteiger partial charge is 0.166 e. The van der Waals surface area contributed by atoms with Gasteiger partial charge >= 0.3 is 0 Å². The number of nitrogens with zero attached hydrogens (tertiary/aromatic N) is 1. The van der Waals surface area contributed by atoms with Gasteiger partial charge < -0.3 is 4.74 Å². The summed E-state index contributed by atoms with van der Waals surface area (Å²) in [4.78, 5) is 0. The number of ether oxygens (including phenoxy) is 1. The van der Waals surface area contributed by atoms with Crippen LogP contribution >= 0.6 is 11.6 Å². The van der Waals surface area contributed by atoms with Crippen molar-refractivity contribution in [1.29, 1.82) is 5.26 Å². The second-order valence-corrected chi connectivity index (χ2v) is 4.35. The minimum atomic E-state index is -0.492. The third-order valence-electron chi connectivity index (χ3n) is 2.53. The van der Waals surface area contributed by atoms with Crippen LogP contribution in [0.5, 0.6) is 5.75 Å². The molecule has 0 N–H and O–H groups in total. The van der Waals surface area contributed by atoms with Gasteiger partial charge in [-0.2, -0.15) is 5.26 Å². The van der Waals surface area contributed by atoms with E-state index in [1.54, 1.807) is 6.07 Å². The molecule has 4 heteroatoms. The van der Waals surface area contributed by atoms with Crippen molar-refractivity contribution in [3.63, 3.8) is 0 Å². The first-order valence-corrected chi connectivity index (χ1v) is 6.09. The van der Waals surface area contributed by atoms with Crippen molar-refractivity contribution in [2.45, 2.75) is 19.8 Å². The summed E-state index contributed by atoms with van der Waals surface area (Å²) in [5.41, 5.74) is 0.297. The van der Waals surface area contributed by atoms with Crippen LogP contribution in [0.4, 0.5) is 4.39 Å². The predicted octanol–water partition coefficient (Wildman–Crippen LogP) is 3.73. The summed E-state index contributed by atoms with van der Waals surface area (Å²) in [5.74, 6) is 0.803. The number of alkyl halides is 1. The molecule has 0 aromatic heterocycles. The summed E-state index contributed by atoms with van der Waals surface area (Å²) in [6, 6.07) is 6.08. The van der Waals surface area contributed by atoms with E-state index < -0.39 is 5.82 Å². The number of halogens is 2. The Hall–Kier alpha value is -1.27. The fourth-order valence-electron chi connectivity index (χ4n) is 1.39. The van der Waals surface area contributed by atoms with E-state index in [2.05, 4.69) is 6.92 Å². The fourth-order valence-corrected chi connectivity index (χ4v) is 1.76. The Morgan fingerprint density at radius 1 is 1.47 bits per heavy atom. The first kappa shape index (κ1) is 13.8. The lowest BCUT2D eigenvalue weighted by molar-refractivity contribution is 0.270. The summed E-state index contributed by atoms with van der Waals surface area (Å²) in [6.45, 7) is 2.54. The van der Waals surface area contributed by atoms with Crippen molar-refractivity contribution in [2.75, 3.05) is 12.5 Å². The Morgan fingerprint density at radius 2 is 2.24 bits per heavy atom. The molecule has 0 saturated carbocycles. The topological polar surface area (TPSA) is 33.0 Å². The molecule has 1 unspecified atom stereocenters. The largest absolute Gasteiger partial charge is 0.491 e. The van der Waals surface area contributed by atoms with Gasteiger partial charge in [-0.3, -0.25) is 0 Å². The van der Waals surface area contributed by atoms with Crippen molar-refractivity contribution < 1.29 is 9.13 Å². The third kappa shape index (κ3) is 4.62. The molecule has 0 spiro atoms. The Kier molecular flexibility index (Phi) is 5.79. The molecule has 0 heterocycles. The zero-order chi connectivity index (χ0) is 12.7. The summed E-state index contributed by atoms with van der Waals surface area (Å²) >= 11 is 5.62. The van der Waals surface area contributed by atoms with E-state index in [-0.39, 0.29) is 5.75 Å². The molecule has 0 bridgehead atoms. The van der Waals surface area contributed by atoms with Gasteiger partial charge in [0.2, 0.25) is 0 Å². The monoisotopic (exact) mass is 255 g/mol. The molecular formula is C13H15ClFNO. The summed E-state index contributed by atoms with van der Waals surface area (Å²) in [5, 5.41) is 8.59. The van der Waals surface area contributed by atoms with Gasteiger partial charge in [-0.25, -0.2) is 4.39 Å². The van der Waals surface area contributed by atoms with E-state index in [1.165, 1.54) is 12.1 Å². The Morgan fingerprint density at radius 3 is 2.82 bits per heavy atom. The number of hydrogen-bond donors (Lipinski definition) is 0. The van der Waals surface area contributed by atoms with Crippen LogP contribution in [0.2, 0.25) is 0 Å². The standard InChI is InChI=1S/C13H15ClFNO/c1-10(4-6-14)5-7-17-13-3-2-11(9-16)8-12(13)15/h2-3,8,10H,4-7H2,1H3. The first-order chi connectivity index (χ1) is 8.17. The Balaban J connectivity index is 2.45. The molecule has 1 atom stereocenters. The van der Waals surface area contributed by atoms with Gasteiger partial charge in [-0.15, -0.1) is 11.6 Å². The van der Waals surface area contributed by atoms with E-state index in [4.69, 9.17) is 21.6 Å². The number of rotatable bonds is 6. The third-order valence-corrected chi connectivity index (χ3v) is 2.75. The van der Waals surface area contributed by atoms with Gasteiger partial charge in [0, 0.05) is 5.88 Å². The molecule has 92 valence electrons. The van der Waals surface area contributed by atoms with E-state index >= 15 is 0 Å². The highest BCUT2D eigenvalue weighted by molar-refractivity contribution is 6.17. The van der Waals surface area contributed by atoms with Gasteiger partial charge in [0.15, 0.2) is 11.6 Å². The normalized spacial score (nSPS) is 11.9. The van der Waals surface area contributed by atoms with Crippen LogP contribution in [0.1, 0.15) is 25.3 Å². The molecule has 0 fully saturated rings. The number of benzene rings is 1. The quantitative estimate of drug-likeness (QED) is 0.726. The lowest BCUT2D eigenvalue weighted by Gasteiger charge is -2.11. The molecule has 1 rings (SSSR count). The van der Waals surface area contributed by atoms with E-state index in [9.17, 15) is 4.39 Å². The highest BCUT2D eigenvalue weighted by Gasteiger charge is 2.06. The molecule has 0 aliphatic carbocycles. The lowest BCUT2D eigenvalue weighted by atomic mass is 10.1. The highest BCUT2D eigenvalue weighted by atomic mass is 35.5. The lowest BCUT2D eigenvalue weighted by Crippen LogP contribution is -2.05. The second-order valence-electron chi connectivity index (χ2n) is 3.98. The van der Waals surface area contributed by atoms with Crippen molar-refractivity contribution in [1.82, 2.24) is 0 Å². The maximum Gasteiger partial charge on any atom is 0.166 e. The van der Waals surface area contributed by atoms with Crippen molar-refractivity contribution >= 4 is 11.6 Å². The summed E-state index contributed by atoms with van der Waals surface area (Å²) in [6.07, 6.45) is 1.77. The predicted molar refractivity (Wildman–Crippen MR) is 65.7 cm³/mol. The molecular weight excluding hydrogens is 241 g/mol. The molecule has 1 aromatic carbocycles. The summed E-state index contributed by atoms with van der Waals surface area (Å²) < 4.78 is 18.7. The average Bonchev–Trinajstić information content (AvgIpc) is 2.31. The van der Waals surface area contributed by atoms with E-state index in [0.29, 0.717) is 24.0 Å². The minimum Gasteiger partial charge on any atom is -0.491 e. The number of hydrogen-bond acceptors (Lipinski definition) is 2. The maximum absolute atomic E-state index is 13.4. The van der Waals surface area contributed by atoms with Crippen LogP contribution in [0.3, 0.4) is 0 Å². The van der Waals surface area contributed by atoms with Crippen LogP contribution in [-0.2, 0) is 0 Å². The van der Waals surface area contributed by atoms with Gasteiger partial charge in [0.25, 0.3) is 0 Å². The first-order valence-electron chi connectivity index (χ1n) is 5.55. The van der Waals surface area contributed by atoms with Gasteiger partial charge in [0.1, 0.15) is 0 Å².